The Morgan fingerprint density at radius 3 is 2.48 bits per heavy atom. The third-order valence-corrected chi connectivity index (χ3v) is 4.26. The molecule has 0 aliphatic heterocycles. The maximum absolute atomic E-state index is 12.6. The van der Waals surface area contributed by atoms with Gasteiger partial charge in [-0.25, -0.2) is 8.42 Å². The molecule has 0 aliphatic rings. The summed E-state index contributed by atoms with van der Waals surface area (Å²) >= 11 is 0. The Hall–Kier alpha value is -2.49. The Morgan fingerprint density at radius 2 is 1.96 bits per heavy atom. The summed E-state index contributed by atoms with van der Waals surface area (Å²) in [6.07, 6.45) is 1.23. The van der Waals surface area contributed by atoms with Crippen LogP contribution in [0.3, 0.4) is 0 Å². The number of sulfone groups is 1. The van der Waals surface area contributed by atoms with E-state index in [9.17, 15) is 26.4 Å². The van der Waals surface area contributed by atoms with Gasteiger partial charge in [-0.1, -0.05) is 0 Å². The van der Waals surface area contributed by atoms with E-state index >= 15 is 0 Å². The monoisotopic (exact) mass is 349 g/mol. The zero-order chi connectivity index (χ0) is 17.3. The summed E-state index contributed by atoms with van der Waals surface area (Å²) in [7, 11) is -4.33. The van der Waals surface area contributed by atoms with E-state index in [0.29, 0.717) is 6.07 Å². The number of carbonyl (C=O) groups is 1. The number of furan rings is 1. The van der Waals surface area contributed by atoms with Gasteiger partial charge in [0.2, 0.25) is 0 Å². The van der Waals surface area contributed by atoms with Crippen molar-refractivity contribution in [2.24, 2.45) is 0 Å². The number of halogens is 3. The van der Waals surface area contributed by atoms with Crippen LogP contribution in [-0.2, 0) is 9.84 Å². The van der Waals surface area contributed by atoms with Crippen LogP contribution in [0, 0.1) is 0 Å². The molecule has 0 saturated heterocycles. The first-order valence-corrected chi connectivity index (χ1v) is 7.49. The van der Waals surface area contributed by atoms with Gasteiger partial charge in [-0.2, -0.15) is 13.2 Å². The van der Waals surface area contributed by atoms with E-state index in [1.165, 1.54) is 25.5 Å². The minimum absolute atomic E-state index is 0.00830. The number of hydrogen-bond donors (Lipinski definition) is 1. The molecule has 1 aromatic carbocycles. The van der Waals surface area contributed by atoms with Crippen LogP contribution in [0.2, 0.25) is 0 Å². The molecule has 23 heavy (non-hydrogen) atoms. The number of rotatable bonds is 4. The van der Waals surface area contributed by atoms with E-state index in [1.54, 1.807) is 0 Å². The molecule has 2 rings (SSSR count). The lowest BCUT2D eigenvalue weighted by Gasteiger charge is -2.13. The van der Waals surface area contributed by atoms with Crippen molar-refractivity contribution in [1.82, 2.24) is 0 Å². The molecule has 0 atom stereocenters. The Kier molecular flexibility index (Phi) is 4.37. The summed E-state index contributed by atoms with van der Waals surface area (Å²) in [4.78, 5) is 10.9. The summed E-state index contributed by atoms with van der Waals surface area (Å²) in [6.45, 7) is 0. The zero-order valence-corrected chi connectivity index (χ0v) is 12.4. The van der Waals surface area contributed by atoms with E-state index in [2.05, 4.69) is 5.32 Å². The van der Waals surface area contributed by atoms with Crippen molar-refractivity contribution in [2.75, 3.05) is 12.4 Å². The third-order valence-electron chi connectivity index (χ3n) is 2.78. The van der Waals surface area contributed by atoms with E-state index in [0.717, 1.165) is 12.1 Å². The predicted octanol–water partition coefficient (Wildman–Crippen LogP) is 2.83. The van der Waals surface area contributed by atoms with Crippen molar-refractivity contribution in [3.63, 3.8) is 0 Å². The summed E-state index contributed by atoms with van der Waals surface area (Å²) in [5, 5.41) is 2.24. The van der Waals surface area contributed by atoms with Crippen molar-refractivity contribution in [3.05, 3.63) is 42.4 Å². The first-order chi connectivity index (χ1) is 10.7. The van der Waals surface area contributed by atoms with Crippen LogP contribution in [0.1, 0.15) is 10.6 Å². The second-order valence-corrected chi connectivity index (χ2v) is 6.18. The van der Waals surface area contributed by atoms with Crippen molar-refractivity contribution in [2.45, 2.75) is 10.4 Å². The fourth-order valence-corrected chi connectivity index (χ4v) is 2.46. The highest BCUT2D eigenvalue weighted by molar-refractivity contribution is 7.92. The molecule has 0 aliphatic carbocycles. The van der Waals surface area contributed by atoms with Crippen LogP contribution >= 0.6 is 0 Å². The molecule has 1 amide bonds. The Balaban J connectivity index is 2.43. The lowest BCUT2D eigenvalue weighted by atomic mass is 10.3. The summed E-state index contributed by atoms with van der Waals surface area (Å²) in [5.74, 6) is -0.878. The van der Waals surface area contributed by atoms with E-state index in [4.69, 9.17) is 9.15 Å². The molecule has 0 unspecified atom stereocenters. The molecule has 10 heteroatoms. The SMILES string of the molecule is COc1ccc(S(=O)(=O)C(F)(F)F)cc1NC(=O)c1ccco1. The van der Waals surface area contributed by atoms with Gasteiger partial charge in [0.25, 0.3) is 15.7 Å². The molecule has 0 saturated carbocycles. The first kappa shape index (κ1) is 16.9. The molecule has 0 fully saturated rings. The highest BCUT2D eigenvalue weighted by Gasteiger charge is 2.47. The van der Waals surface area contributed by atoms with Gasteiger partial charge < -0.3 is 14.5 Å². The van der Waals surface area contributed by atoms with Crippen LogP contribution in [0.15, 0.2) is 45.9 Å². The Bertz CT molecular complexity index is 813. The molecule has 0 spiro atoms. The minimum Gasteiger partial charge on any atom is -0.495 e. The molecule has 1 N–H and O–H groups in total. The van der Waals surface area contributed by atoms with Gasteiger partial charge in [-0.15, -0.1) is 0 Å². The number of alkyl halides is 3. The van der Waals surface area contributed by atoms with E-state index in [-0.39, 0.29) is 17.2 Å². The van der Waals surface area contributed by atoms with Crippen LogP contribution in [0.5, 0.6) is 5.75 Å². The first-order valence-electron chi connectivity index (χ1n) is 6.01. The molecule has 0 bridgehead atoms. The molecule has 1 aromatic heterocycles. The quantitative estimate of drug-likeness (QED) is 0.917. The Labute approximate surface area is 128 Å². The van der Waals surface area contributed by atoms with Crippen molar-refractivity contribution >= 4 is 21.4 Å². The number of hydrogen-bond acceptors (Lipinski definition) is 5. The number of methoxy groups -OCH3 is 1. The molecule has 0 radical (unpaired) electrons. The number of amides is 1. The zero-order valence-electron chi connectivity index (χ0n) is 11.5. The smallest absolute Gasteiger partial charge is 0.495 e. The number of carbonyl (C=O) groups excluding carboxylic acids is 1. The number of nitrogens with one attached hydrogen (secondary N) is 1. The second kappa shape index (κ2) is 5.95. The normalized spacial score (nSPS) is 12.0. The fourth-order valence-electron chi connectivity index (χ4n) is 1.68. The highest BCUT2D eigenvalue weighted by Crippen LogP contribution is 2.34. The van der Waals surface area contributed by atoms with Gasteiger partial charge in [-0.05, 0) is 30.3 Å². The lowest BCUT2D eigenvalue weighted by molar-refractivity contribution is -0.0436. The molecule has 2 aromatic rings. The van der Waals surface area contributed by atoms with E-state index < -0.39 is 26.1 Å². The molecule has 1 heterocycles. The number of benzene rings is 1. The fraction of sp³-hybridized carbons (Fsp3) is 0.154. The standard InChI is InChI=1S/C13H10F3NO5S/c1-21-10-5-4-8(23(19,20)13(14,15)16)7-9(10)17-12(18)11-3-2-6-22-11/h2-7H,1H3,(H,17,18). The Morgan fingerprint density at radius 1 is 1.26 bits per heavy atom. The summed E-state index contributed by atoms with van der Waals surface area (Å²) in [5.41, 5.74) is -5.69. The summed E-state index contributed by atoms with van der Waals surface area (Å²) in [6, 6.07) is 5.19. The average Bonchev–Trinajstić information content (AvgIpc) is 3.00. The second-order valence-electron chi connectivity index (χ2n) is 4.24. The topological polar surface area (TPSA) is 85.6 Å². The average molecular weight is 349 g/mol. The lowest BCUT2D eigenvalue weighted by Crippen LogP contribution is -2.23. The van der Waals surface area contributed by atoms with Crippen LogP contribution in [-0.4, -0.2) is 26.9 Å². The number of anilines is 1. The van der Waals surface area contributed by atoms with Gasteiger partial charge in [-0.3, -0.25) is 4.79 Å². The van der Waals surface area contributed by atoms with E-state index in [1.807, 2.05) is 0 Å². The maximum Gasteiger partial charge on any atom is 0.501 e. The molecular formula is C13H10F3NO5S. The van der Waals surface area contributed by atoms with Crippen LogP contribution < -0.4 is 10.1 Å². The minimum atomic E-state index is -5.54. The summed E-state index contributed by atoms with van der Waals surface area (Å²) < 4.78 is 70.4. The molecular weight excluding hydrogens is 339 g/mol. The third kappa shape index (κ3) is 3.31. The highest BCUT2D eigenvalue weighted by atomic mass is 32.2. The largest absolute Gasteiger partial charge is 0.501 e. The van der Waals surface area contributed by atoms with Crippen LogP contribution in [0.4, 0.5) is 18.9 Å². The van der Waals surface area contributed by atoms with Gasteiger partial charge in [0.1, 0.15) is 5.75 Å². The van der Waals surface area contributed by atoms with Crippen molar-refractivity contribution < 1.29 is 35.5 Å². The van der Waals surface area contributed by atoms with Gasteiger partial charge in [0.05, 0.1) is 24.0 Å². The molecule has 124 valence electrons. The van der Waals surface area contributed by atoms with Gasteiger partial charge >= 0.3 is 5.51 Å². The van der Waals surface area contributed by atoms with Gasteiger partial charge in [0.15, 0.2) is 5.76 Å². The predicted molar refractivity (Wildman–Crippen MR) is 72.9 cm³/mol. The van der Waals surface area contributed by atoms with Gasteiger partial charge in [0, 0.05) is 0 Å². The van der Waals surface area contributed by atoms with Crippen LogP contribution in [0.25, 0.3) is 0 Å². The van der Waals surface area contributed by atoms with Crippen molar-refractivity contribution in [3.8, 4) is 5.75 Å². The van der Waals surface area contributed by atoms with Crippen molar-refractivity contribution in [1.29, 1.82) is 0 Å². The molecule has 6 nitrogen and oxygen atoms in total. The maximum atomic E-state index is 12.6. The number of ether oxygens (including phenoxy) is 1.